The molecule has 4 N–H and O–H groups in total. The Balaban J connectivity index is 2.24. The van der Waals surface area contributed by atoms with Gasteiger partial charge in [-0.15, -0.1) is 0 Å². The van der Waals surface area contributed by atoms with Crippen LogP contribution in [-0.2, 0) is 19.0 Å². The van der Waals surface area contributed by atoms with E-state index >= 15 is 0 Å². The van der Waals surface area contributed by atoms with E-state index in [-0.39, 0.29) is 18.4 Å². The number of carbonyl (C=O) groups is 1. The summed E-state index contributed by atoms with van der Waals surface area (Å²) in [7, 11) is 0. The Morgan fingerprint density at radius 1 is 1.16 bits per heavy atom. The number of aliphatic hydroxyl groups excluding tert-OH is 4. The summed E-state index contributed by atoms with van der Waals surface area (Å²) in [6.45, 7) is 11.1. The number of carbonyl (C=O) groups excluding carboxylic acids is 1. The molecule has 2 rings (SSSR count). The second kappa shape index (κ2) is 11.5. The van der Waals surface area contributed by atoms with Crippen molar-refractivity contribution in [3.05, 3.63) is 23.8 Å². The van der Waals surface area contributed by atoms with Crippen LogP contribution in [0.5, 0.6) is 0 Å². The van der Waals surface area contributed by atoms with E-state index in [0.717, 1.165) is 17.6 Å². The minimum absolute atomic E-state index is 0.0451. The van der Waals surface area contributed by atoms with Crippen molar-refractivity contribution in [2.24, 2.45) is 11.8 Å². The van der Waals surface area contributed by atoms with E-state index in [1.165, 1.54) is 6.92 Å². The molecule has 0 aromatic heterocycles. The van der Waals surface area contributed by atoms with E-state index in [9.17, 15) is 25.2 Å². The number of hydrogen-bond acceptors (Lipinski definition) is 8. The number of ether oxygens (including phenoxy) is 3. The molecular formula is C23H38O8. The molecule has 8 atom stereocenters. The lowest BCUT2D eigenvalue weighted by atomic mass is 9.82. The molecule has 1 fully saturated rings. The van der Waals surface area contributed by atoms with Crippen molar-refractivity contribution in [3.63, 3.8) is 0 Å². The van der Waals surface area contributed by atoms with Crippen molar-refractivity contribution in [2.75, 3.05) is 6.61 Å². The highest BCUT2D eigenvalue weighted by atomic mass is 16.7. The van der Waals surface area contributed by atoms with Crippen LogP contribution in [0, 0.1) is 11.8 Å². The first kappa shape index (κ1) is 26.0. The zero-order chi connectivity index (χ0) is 23.3. The summed E-state index contributed by atoms with van der Waals surface area (Å²) in [5.41, 5.74) is 1.83. The van der Waals surface area contributed by atoms with Crippen molar-refractivity contribution in [1.29, 1.82) is 0 Å². The van der Waals surface area contributed by atoms with E-state index in [1.54, 1.807) is 0 Å². The summed E-state index contributed by atoms with van der Waals surface area (Å²) in [4.78, 5) is 11.1. The third-order valence-corrected chi connectivity index (χ3v) is 6.22. The topological polar surface area (TPSA) is 126 Å². The Labute approximate surface area is 184 Å². The van der Waals surface area contributed by atoms with Gasteiger partial charge < -0.3 is 34.6 Å². The van der Waals surface area contributed by atoms with Gasteiger partial charge in [0.15, 0.2) is 6.29 Å². The fraction of sp³-hybridized carbons (Fsp3) is 0.783. The zero-order valence-corrected chi connectivity index (χ0v) is 18.9. The molecule has 0 bridgehead atoms. The van der Waals surface area contributed by atoms with Gasteiger partial charge in [0.2, 0.25) is 0 Å². The van der Waals surface area contributed by atoms with Gasteiger partial charge in [-0.05, 0) is 50.0 Å². The monoisotopic (exact) mass is 442 g/mol. The fourth-order valence-corrected chi connectivity index (χ4v) is 4.11. The van der Waals surface area contributed by atoms with Crippen LogP contribution in [0.4, 0.5) is 0 Å². The fourth-order valence-electron chi connectivity index (χ4n) is 4.11. The van der Waals surface area contributed by atoms with Crippen LogP contribution in [0.25, 0.3) is 0 Å². The Morgan fingerprint density at radius 3 is 2.45 bits per heavy atom. The van der Waals surface area contributed by atoms with Gasteiger partial charge in [-0.1, -0.05) is 32.1 Å². The number of esters is 1. The Bertz CT molecular complexity index is 645. The highest BCUT2D eigenvalue weighted by molar-refractivity contribution is 5.65. The highest BCUT2D eigenvalue weighted by Gasteiger charge is 2.46. The lowest BCUT2D eigenvalue weighted by Gasteiger charge is -2.42. The van der Waals surface area contributed by atoms with E-state index < -0.39 is 48.9 Å². The van der Waals surface area contributed by atoms with E-state index in [2.05, 4.69) is 20.4 Å². The predicted octanol–water partition coefficient (Wildman–Crippen LogP) is 1.45. The molecule has 0 aromatic carbocycles. The molecule has 8 heteroatoms. The standard InChI is InChI=1S/C23H38O8/c1-12(2)16-8-7-14(4)17(25)9-6-13(3)10-18(16)30-23-22(28)21(27)20(26)19(31-23)11-29-15(5)24/h10,12,16-23,25-28H,4,6-9,11H2,1-3,5H3/b13-10+/t16-,17-,18+,19+,20-,21-,22-,23+/m1/s1. The maximum Gasteiger partial charge on any atom is 0.302 e. The van der Waals surface area contributed by atoms with Crippen LogP contribution in [0.3, 0.4) is 0 Å². The molecule has 31 heavy (non-hydrogen) atoms. The maximum absolute atomic E-state index is 11.1. The normalized spacial score (nSPS) is 39.6. The summed E-state index contributed by atoms with van der Waals surface area (Å²) in [6.07, 6.45) is -2.93. The SMILES string of the molecule is C=C1CC[C@H](C(C)C)[C@@H](O[C@H]2O[C@@H](COC(C)=O)[C@@H](O)[C@@H](O)[C@H]2O)/C=C(\C)CC[C@H]1O. The second-order valence-electron chi connectivity index (χ2n) is 9.09. The molecule has 0 radical (unpaired) electrons. The Kier molecular flexibility index (Phi) is 9.66. The summed E-state index contributed by atoms with van der Waals surface area (Å²) >= 11 is 0. The number of allylic oxidation sites excluding steroid dienone is 1. The lowest BCUT2D eigenvalue weighted by Crippen LogP contribution is -2.60. The molecule has 178 valence electrons. The van der Waals surface area contributed by atoms with Gasteiger partial charge >= 0.3 is 5.97 Å². The minimum Gasteiger partial charge on any atom is -0.463 e. The molecule has 1 heterocycles. The summed E-state index contributed by atoms with van der Waals surface area (Å²) in [6, 6.07) is 0. The van der Waals surface area contributed by atoms with E-state index in [1.807, 2.05) is 13.0 Å². The largest absolute Gasteiger partial charge is 0.463 e. The molecule has 0 aromatic rings. The summed E-state index contributed by atoms with van der Waals surface area (Å²) in [5, 5.41) is 41.3. The Hall–Kier alpha value is -1.29. The number of rotatable bonds is 5. The quantitative estimate of drug-likeness (QED) is 0.372. The van der Waals surface area contributed by atoms with Crippen LogP contribution in [-0.4, -0.2) is 75.9 Å². The molecule has 1 aliphatic heterocycles. The van der Waals surface area contributed by atoms with Gasteiger partial charge in [0.1, 0.15) is 31.0 Å². The van der Waals surface area contributed by atoms with Crippen LogP contribution < -0.4 is 0 Å². The first-order valence-corrected chi connectivity index (χ1v) is 11.0. The van der Waals surface area contributed by atoms with Gasteiger partial charge in [0, 0.05) is 6.92 Å². The minimum atomic E-state index is -1.50. The molecule has 0 amide bonds. The van der Waals surface area contributed by atoms with E-state index in [4.69, 9.17) is 14.2 Å². The van der Waals surface area contributed by atoms with Gasteiger partial charge in [-0.3, -0.25) is 4.79 Å². The highest BCUT2D eigenvalue weighted by Crippen LogP contribution is 2.33. The third-order valence-electron chi connectivity index (χ3n) is 6.22. The Morgan fingerprint density at radius 2 is 1.84 bits per heavy atom. The number of aliphatic hydroxyl groups is 4. The van der Waals surface area contributed by atoms with Crippen molar-refractivity contribution in [3.8, 4) is 0 Å². The van der Waals surface area contributed by atoms with Crippen LogP contribution in [0.15, 0.2) is 23.8 Å². The van der Waals surface area contributed by atoms with Gasteiger partial charge in [-0.2, -0.15) is 0 Å². The second-order valence-corrected chi connectivity index (χ2v) is 9.09. The van der Waals surface area contributed by atoms with Crippen LogP contribution in [0.2, 0.25) is 0 Å². The van der Waals surface area contributed by atoms with Crippen LogP contribution in [0.1, 0.15) is 53.4 Å². The molecule has 1 aliphatic carbocycles. The third kappa shape index (κ3) is 7.10. The van der Waals surface area contributed by atoms with Crippen LogP contribution >= 0.6 is 0 Å². The maximum atomic E-state index is 11.1. The summed E-state index contributed by atoms with van der Waals surface area (Å²) in [5.74, 6) is -0.266. The number of hydrogen-bond donors (Lipinski definition) is 4. The zero-order valence-electron chi connectivity index (χ0n) is 18.9. The first-order valence-electron chi connectivity index (χ1n) is 11.0. The molecule has 0 saturated carbocycles. The molecule has 0 spiro atoms. The van der Waals surface area contributed by atoms with Crippen molar-refractivity contribution in [1.82, 2.24) is 0 Å². The first-order chi connectivity index (χ1) is 14.5. The van der Waals surface area contributed by atoms with E-state index in [0.29, 0.717) is 19.3 Å². The lowest BCUT2D eigenvalue weighted by molar-refractivity contribution is -0.312. The van der Waals surface area contributed by atoms with Crippen molar-refractivity contribution < 1.29 is 39.4 Å². The molecule has 1 saturated heterocycles. The smallest absolute Gasteiger partial charge is 0.302 e. The average Bonchev–Trinajstić information content (AvgIpc) is 2.70. The predicted molar refractivity (Wildman–Crippen MR) is 114 cm³/mol. The van der Waals surface area contributed by atoms with Gasteiger partial charge in [0.25, 0.3) is 0 Å². The average molecular weight is 443 g/mol. The van der Waals surface area contributed by atoms with Crippen molar-refractivity contribution >= 4 is 5.97 Å². The summed E-state index contributed by atoms with van der Waals surface area (Å²) < 4.78 is 16.8. The molecule has 2 aliphatic rings. The van der Waals surface area contributed by atoms with Gasteiger partial charge in [0.05, 0.1) is 12.2 Å². The molecule has 0 unspecified atom stereocenters. The molecular weight excluding hydrogens is 404 g/mol. The van der Waals surface area contributed by atoms with Crippen molar-refractivity contribution in [2.45, 2.75) is 96.3 Å². The molecule has 8 nitrogen and oxygen atoms in total. The van der Waals surface area contributed by atoms with Gasteiger partial charge in [-0.25, -0.2) is 0 Å².